The summed E-state index contributed by atoms with van der Waals surface area (Å²) in [4.78, 5) is 16.8. The Balaban J connectivity index is 1.51. The number of carbonyl (C=O) groups excluding carboxylic acids is 1. The van der Waals surface area contributed by atoms with Gasteiger partial charge in [0.05, 0.1) is 23.4 Å². The molecule has 1 saturated carbocycles. The molecule has 1 aliphatic carbocycles. The molecule has 2 aromatic heterocycles. The molecule has 0 aliphatic heterocycles. The zero-order valence-corrected chi connectivity index (χ0v) is 16.5. The van der Waals surface area contributed by atoms with Crippen LogP contribution in [-0.4, -0.2) is 37.9 Å². The van der Waals surface area contributed by atoms with Crippen LogP contribution in [0.1, 0.15) is 52.9 Å². The van der Waals surface area contributed by atoms with E-state index in [0.29, 0.717) is 18.4 Å². The molecule has 2 atom stereocenters. The Morgan fingerprint density at radius 2 is 2.07 bits per heavy atom. The number of aromatic nitrogens is 3. The molecule has 1 aromatic carbocycles. The van der Waals surface area contributed by atoms with Gasteiger partial charge >= 0.3 is 0 Å². The SMILES string of the molecule is N#Cc1cnc(C(=O)N[C@H]2CCCC[C@@H]2O)cc1Cc1ccc(-n2cccn2)cc1. The Bertz CT molecular complexity index is 1050. The minimum atomic E-state index is -0.520. The zero-order valence-electron chi connectivity index (χ0n) is 16.5. The molecule has 7 heteroatoms. The van der Waals surface area contributed by atoms with Gasteiger partial charge in [-0.15, -0.1) is 0 Å². The van der Waals surface area contributed by atoms with E-state index >= 15 is 0 Å². The Hall–Kier alpha value is -3.50. The average Bonchev–Trinajstić information content (AvgIpc) is 3.31. The van der Waals surface area contributed by atoms with Gasteiger partial charge in [0.1, 0.15) is 11.8 Å². The number of nitrogens with one attached hydrogen (secondary N) is 1. The van der Waals surface area contributed by atoms with Gasteiger partial charge in [0, 0.05) is 18.6 Å². The molecule has 7 nitrogen and oxygen atoms in total. The van der Waals surface area contributed by atoms with Crippen molar-refractivity contribution in [1.29, 1.82) is 5.26 Å². The Labute approximate surface area is 175 Å². The fourth-order valence-corrected chi connectivity index (χ4v) is 3.80. The van der Waals surface area contributed by atoms with Gasteiger partial charge < -0.3 is 10.4 Å². The third-order valence-electron chi connectivity index (χ3n) is 5.49. The van der Waals surface area contributed by atoms with Gasteiger partial charge in [-0.2, -0.15) is 10.4 Å². The quantitative estimate of drug-likeness (QED) is 0.684. The van der Waals surface area contributed by atoms with Crippen LogP contribution in [0.5, 0.6) is 0 Å². The summed E-state index contributed by atoms with van der Waals surface area (Å²) in [5.74, 6) is -0.319. The summed E-state index contributed by atoms with van der Waals surface area (Å²) < 4.78 is 1.78. The van der Waals surface area contributed by atoms with Crippen LogP contribution in [0, 0.1) is 11.3 Å². The van der Waals surface area contributed by atoms with Crippen molar-refractivity contribution >= 4 is 5.91 Å². The normalized spacial score (nSPS) is 18.5. The van der Waals surface area contributed by atoms with Gasteiger partial charge in [-0.25, -0.2) is 9.67 Å². The maximum atomic E-state index is 12.7. The van der Waals surface area contributed by atoms with Crippen molar-refractivity contribution in [2.75, 3.05) is 0 Å². The van der Waals surface area contributed by atoms with Crippen molar-refractivity contribution in [2.24, 2.45) is 0 Å². The van der Waals surface area contributed by atoms with Crippen LogP contribution in [0.25, 0.3) is 5.69 Å². The van der Waals surface area contributed by atoms with Crippen molar-refractivity contribution in [2.45, 2.75) is 44.2 Å². The molecule has 4 rings (SSSR count). The lowest BCUT2D eigenvalue weighted by molar-refractivity contribution is 0.0713. The number of pyridine rings is 1. The number of aliphatic hydroxyl groups is 1. The average molecular weight is 401 g/mol. The number of nitriles is 1. The van der Waals surface area contributed by atoms with Crippen LogP contribution in [0.4, 0.5) is 0 Å². The lowest BCUT2D eigenvalue weighted by atomic mass is 9.92. The molecule has 0 unspecified atom stereocenters. The molecular formula is C23H23N5O2. The molecule has 0 saturated heterocycles. The highest BCUT2D eigenvalue weighted by atomic mass is 16.3. The Kier molecular flexibility index (Phi) is 5.87. The summed E-state index contributed by atoms with van der Waals surface area (Å²) >= 11 is 0. The van der Waals surface area contributed by atoms with Gasteiger partial charge in [-0.3, -0.25) is 4.79 Å². The summed E-state index contributed by atoms with van der Waals surface area (Å²) in [7, 11) is 0. The van der Waals surface area contributed by atoms with Gasteiger partial charge in [0.15, 0.2) is 0 Å². The Morgan fingerprint density at radius 1 is 1.27 bits per heavy atom. The molecule has 30 heavy (non-hydrogen) atoms. The van der Waals surface area contributed by atoms with E-state index in [1.807, 2.05) is 36.5 Å². The van der Waals surface area contributed by atoms with E-state index < -0.39 is 6.10 Å². The molecule has 3 aromatic rings. The van der Waals surface area contributed by atoms with Crippen molar-refractivity contribution in [1.82, 2.24) is 20.1 Å². The third-order valence-corrected chi connectivity index (χ3v) is 5.49. The van der Waals surface area contributed by atoms with Crippen molar-refractivity contribution in [3.8, 4) is 11.8 Å². The van der Waals surface area contributed by atoms with Crippen molar-refractivity contribution in [3.05, 3.63) is 77.4 Å². The Morgan fingerprint density at radius 3 is 2.77 bits per heavy atom. The van der Waals surface area contributed by atoms with Gasteiger partial charge in [-0.05, 0) is 54.7 Å². The highest BCUT2D eigenvalue weighted by molar-refractivity contribution is 5.92. The zero-order chi connectivity index (χ0) is 20.9. The van der Waals surface area contributed by atoms with Gasteiger partial charge in [-0.1, -0.05) is 25.0 Å². The summed E-state index contributed by atoms with van der Waals surface area (Å²) in [6.07, 6.45) is 8.46. The molecule has 0 radical (unpaired) electrons. The fraction of sp³-hybridized carbons (Fsp3) is 0.304. The number of carbonyl (C=O) groups is 1. The predicted octanol–water partition coefficient (Wildman–Crippen LogP) is 2.76. The topological polar surface area (TPSA) is 104 Å². The van der Waals surface area contributed by atoms with Gasteiger partial charge in [0.25, 0.3) is 5.91 Å². The lowest BCUT2D eigenvalue weighted by Gasteiger charge is -2.28. The molecule has 1 aliphatic rings. The summed E-state index contributed by atoms with van der Waals surface area (Å²) in [6, 6.07) is 13.3. The molecule has 0 spiro atoms. The summed E-state index contributed by atoms with van der Waals surface area (Å²) in [5.41, 5.74) is 3.41. The fourth-order valence-electron chi connectivity index (χ4n) is 3.80. The van der Waals surface area contributed by atoms with E-state index in [4.69, 9.17) is 0 Å². The third kappa shape index (κ3) is 4.39. The number of aliphatic hydroxyl groups excluding tert-OH is 1. The molecule has 152 valence electrons. The molecule has 1 amide bonds. The smallest absolute Gasteiger partial charge is 0.270 e. The van der Waals surface area contributed by atoms with Crippen LogP contribution >= 0.6 is 0 Å². The van der Waals surface area contributed by atoms with E-state index in [9.17, 15) is 15.2 Å². The first-order valence-corrected chi connectivity index (χ1v) is 10.1. The second-order valence-corrected chi connectivity index (χ2v) is 7.56. The van der Waals surface area contributed by atoms with Crippen LogP contribution < -0.4 is 5.32 Å². The molecular weight excluding hydrogens is 378 g/mol. The maximum absolute atomic E-state index is 12.7. The van der Waals surface area contributed by atoms with Crippen LogP contribution in [0.2, 0.25) is 0 Å². The first-order chi connectivity index (χ1) is 14.6. The number of rotatable bonds is 5. The van der Waals surface area contributed by atoms with E-state index in [0.717, 1.165) is 36.1 Å². The van der Waals surface area contributed by atoms with E-state index in [2.05, 4.69) is 21.5 Å². The monoisotopic (exact) mass is 401 g/mol. The van der Waals surface area contributed by atoms with E-state index in [1.165, 1.54) is 6.20 Å². The minimum absolute atomic E-state index is 0.248. The molecule has 0 bridgehead atoms. The van der Waals surface area contributed by atoms with Crippen molar-refractivity contribution in [3.63, 3.8) is 0 Å². The standard InChI is InChI=1S/C23H23N5O2/c24-14-18-15-25-21(23(30)27-20-4-1-2-5-22(20)29)13-17(18)12-16-6-8-19(9-7-16)28-11-3-10-26-28/h3,6-11,13,15,20,22,29H,1-2,4-5,12H2,(H,27,30)/t20-,22-/m0/s1. The van der Waals surface area contributed by atoms with Crippen LogP contribution in [-0.2, 0) is 6.42 Å². The first-order valence-electron chi connectivity index (χ1n) is 10.1. The largest absolute Gasteiger partial charge is 0.391 e. The predicted molar refractivity (Wildman–Crippen MR) is 111 cm³/mol. The molecule has 1 fully saturated rings. The number of hydrogen-bond acceptors (Lipinski definition) is 5. The summed E-state index contributed by atoms with van der Waals surface area (Å²) in [6.45, 7) is 0. The molecule has 2 heterocycles. The van der Waals surface area contributed by atoms with Crippen LogP contribution in [0.15, 0.2) is 55.0 Å². The summed E-state index contributed by atoms with van der Waals surface area (Å²) in [5, 5.41) is 26.7. The second-order valence-electron chi connectivity index (χ2n) is 7.56. The minimum Gasteiger partial charge on any atom is -0.391 e. The highest BCUT2D eigenvalue weighted by Crippen LogP contribution is 2.20. The molecule has 2 N–H and O–H groups in total. The second kappa shape index (κ2) is 8.89. The number of hydrogen-bond donors (Lipinski definition) is 2. The lowest BCUT2D eigenvalue weighted by Crippen LogP contribution is -2.45. The highest BCUT2D eigenvalue weighted by Gasteiger charge is 2.25. The van der Waals surface area contributed by atoms with E-state index in [1.54, 1.807) is 16.9 Å². The van der Waals surface area contributed by atoms with Crippen molar-refractivity contribution < 1.29 is 9.90 Å². The number of amides is 1. The number of nitrogens with zero attached hydrogens (tertiary/aromatic N) is 4. The van der Waals surface area contributed by atoms with E-state index in [-0.39, 0.29) is 17.6 Å². The first kappa shape index (κ1) is 19.8. The van der Waals surface area contributed by atoms with Gasteiger partial charge in [0.2, 0.25) is 0 Å². The van der Waals surface area contributed by atoms with Crippen LogP contribution in [0.3, 0.4) is 0 Å². The maximum Gasteiger partial charge on any atom is 0.270 e. The number of benzene rings is 1.